The summed E-state index contributed by atoms with van der Waals surface area (Å²) in [5.74, 6) is 0.150. The van der Waals surface area contributed by atoms with E-state index in [-0.39, 0.29) is 17.8 Å². The van der Waals surface area contributed by atoms with Crippen LogP contribution >= 0.6 is 0 Å². The van der Waals surface area contributed by atoms with Crippen LogP contribution in [0.4, 0.5) is 10.2 Å². The van der Waals surface area contributed by atoms with E-state index in [0.717, 1.165) is 52.7 Å². The Kier molecular flexibility index (Phi) is 5.83. The van der Waals surface area contributed by atoms with Gasteiger partial charge in [-0.15, -0.1) is 5.10 Å². The van der Waals surface area contributed by atoms with Crippen molar-refractivity contribution in [2.75, 3.05) is 18.0 Å². The Morgan fingerprint density at radius 3 is 2.65 bits per heavy atom. The lowest BCUT2D eigenvalue weighted by Gasteiger charge is -2.35. The van der Waals surface area contributed by atoms with Gasteiger partial charge < -0.3 is 5.32 Å². The molecule has 0 bridgehead atoms. The number of anilines is 1. The number of hydrogen-bond donors (Lipinski definition) is 1. The molecule has 1 N–H and O–H groups in total. The van der Waals surface area contributed by atoms with Gasteiger partial charge in [0.25, 0.3) is 5.91 Å². The number of nitrogens with one attached hydrogen (secondary N) is 1. The van der Waals surface area contributed by atoms with Crippen LogP contribution in [0.2, 0.25) is 0 Å². The van der Waals surface area contributed by atoms with Crippen molar-refractivity contribution in [3.05, 3.63) is 71.3 Å². The van der Waals surface area contributed by atoms with E-state index in [1.165, 1.54) is 12.1 Å². The summed E-state index contributed by atoms with van der Waals surface area (Å²) in [6, 6.07) is 12.2. The topological polar surface area (TPSA) is 75.9 Å². The molecule has 174 valence electrons. The third kappa shape index (κ3) is 3.94. The van der Waals surface area contributed by atoms with Crippen LogP contribution < -0.4 is 10.2 Å². The van der Waals surface area contributed by atoms with Crippen molar-refractivity contribution >= 4 is 22.5 Å². The first kappa shape index (κ1) is 22.2. The molecule has 0 unspecified atom stereocenters. The highest BCUT2D eigenvalue weighted by Crippen LogP contribution is 2.32. The van der Waals surface area contributed by atoms with Crippen LogP contribution in [0.1, 0.15) is 34.5 Å². The van der Waals surface area contributed by atoms with Gasteiger partial charge in [-0.25, -0.2) is 9.37 Å². The van der Waals surface area contributed by atoms with E-state index in [9.17, 15) is 9.18 Å². The lowest BCUT2D eigenvalue weighted by molar-refractivity contribution is 0.0972. The number of pyridine rings is 1. The largest absolute Gasteiger partial charge is 0.315 e. The predicted molar refractivity (Wildman–Crippen MR) is 130 cm³/mol. The first-order valence-corrected chi connectivity index (χ1v) is 11.5. The molecule has 7 nitrogen and oxygen atoms in total. The molecule has 1 saturated heterocycles. The second kappa shape index (κ2) is 8.95. The second-order valence-electron chi connectivity index (χ2n) is 8.86. The average Bonchev–Trinajstić information content (AvgIpc) is 3.18. The summed E-state index contributed by atoms with van der Waals surface area (Å²) in [5, 5.41) is 13.2. The summed E-state index contributed by atoms with van der Waals surface area (Å²) >= 11 is 0. The number of carbonyl (C=O) groups is 1. The molecular formula is C26H27FN6O. The number of rotatable bonds is 4. The Labute approximate surface area is 197 Å². The fourth-order valence-electron chi connectivity index (χ4n) is 4.71. The smallest absolute Gasteiger partial charge is 0.259 e. The zero-order chi connectivity index (χ0) is 23.8. The number of hydrogen-bond acceptors (Lipinski definition) is 5. The molecule has 5 rings (SSSR count). The minimum Gasteiger partial charge on any atom is -0.315 e. The van der Waals surface area contributed by atoms with E-state index in [4.69, 9.17) is 0 Å². The minimum absolute atomic E-state index is 0.0503. The van der Waals surface area contributed by atoms with E-state index in [1.54, 1.807) is 21.8 Å². The molecule has 3 heterocycles. The van der Waals surface area contributed by atoms with Gasteiger partial charge in [-0.1, -0.05) is 17.3 Å². The van der Waals surface area contributed by atoms with Crippen molar-refractivity contribution in [2.45, 2.75) is 32.7 Å². The minimum atomic E-state index is -0.297. The molecule has 1 aliphatic rings. The van der Waals surface area contributed by atoms with Crippen molar-refractivity contribution in [3.63, 3.8) is 0 Å². The molecule has 34 heavy (non-hydrogen) atoms. The Morgan fingerprint density at radius 2 is 1.97 bits per heavy atom. The number of aromatic nitrogens is 4. The van der Waals surface area contributed by atoms with E-state index >= 15 is 0 Å². The highest BCUT2D eigenvalue weighted by Gasteiger charge is 2.30. The number of nitrogens with zero attached hydrogens (tertiary/aromatic N) is 5. The highest BCUT2D eigenvalue weighted by molar-refractivity contribution is 6.11. The number of amides is 1. The fourth-order valence-corrected chi connectivity index (χ4v) is 4.71. The quantitative estimate of drug-likeness (QED) is 0.496. The standard InChI is InChI=1S/C26H27FN6O/c1-16-13-21(27)14-20-10-12-29-25(23(16)20)33(22-5-4-11-28-15-22)26(34)19-8-6-18(7-9-19)24-17(2)32(3)31-30-24/h6-10,12-14,22,28H,4-5,11,15H2,1-3H3/t22-/m1/s1. The third-order valence-corrected chi connectivity index (χ3v) is 6.60. The van der Waals surface area contributed by atoms with Crippen LogP contribution in [0, 0.1) is 19.7 Å². The first-order chi connectivity index (χ1) is 16.4. The maximum Gasteiger partial charge on any atom is 0.259 e. The number of fused-ring (bicyclic) bond motifs is 1. The Bertz CT molecular complexity index is 1360. The second-order valence-corrected chi connectivity index (χ2v) is 8.86. The summed E-state index contributed by atoms with van der Waals surface area (Å²) in [6.45, 7) is 5.43. The third-order valence-electron chi connectivity index (χ3n) is 6.60. The highest BCUT2D eigenvalue weighted by atomic mass is 19.1. The van der Waals surface area contributed by atoms with Crippen LogP contribution in [0.3, 0.4) is 0 Å². The van der Waals surface area contributed by atoms with Crippen LogP contribution in [0.25, 0.3) is 22.0 Å². The zero-order valence-electron chi connectivity index (χ0n) is 19.5. The van der Waals surface area contributed by atoms with Crippen molar-refractivity contribution in [1.29, 1.82) is 0 Å². The molecule has 0 radical (unpaired) electrons. The van der Waals surface area contributed by atoms with Crippen molar-refractivity contribution in [2.24, 2.45) is 7.05 Å². The molecule has 1 fully saturated rings. The zero-order valence-corrected chi connectivity index (χ0v) is 19.5. The molecule has 2 aromatic carbocycles. The molecule has 8 heteroatoms. The van der Waals surface area contributed by atoms with Crippen LogP contribution in [-0.2, 0) is 7.05 Å². The van der Waals surface area contributed by atoms with Gasteiger partial charge in [0.2, 0.25) is 0 Å². The fraction of sp³-hybridized carbons (Fsp3) is 0.308. The number of carbonyl (C=O) groups excluding carboxylic acids is 1. The van der Waals surface area contributed by atoms with E-state index in [2.05, 4.69) is 20.6 Å². The maximum absolute atomic E-state index is 14.1. The van der Waals surface area contributed by atoms with E-state index in [1.807, 2.05) is 45.2 Å². The van der Waals surface area contributed by atoms with Gasteiger partial charge in [-0.05, 0) is 74.5 Å². The maximum atomic E-state index is 14.1. The number of piperidine rings is 1. The molecule has 4 aromatic rings. The normalized spacial score (nSPS) is 16.1. The number of halogens is 1. The van der Waals surface area contributed by atoms with E-state index in [0.29, 0.717) is 17.9 Å². The summed E-state index contributed by atoms with van der Waals surface area (Å²) < 4.78 is 15.8. The SMILES string of the molecule is Cc1cc(F)cc2ccnc(N(C(=O)c3ccc(-c4nnn(C)c4C)cc3)[C@@H]3CCCNC3)c12. The Hall–Kier alpha value is -3.65. The van der Waals surface area contributed by atoms with Gasteiger partial charge in [0.1, 0.15) is 17.3 Å². The predicted octanol–water partition coefficient (Wildman–Crippen LogP) is 4.19. The summed E-state index contributed by atoms with van der Waals surface area (Å²) in [5.41, 5.74) is 3.98. The molecule has 2 aromatic heterocycles. The average molecular weight is 459 g/mol. The molecule has 0 saturated carbocycles. The molecule has 1 amide bonds. The Morgan fingerprint density at radius 1 is 1.18 bits per heavy atom. The number of aryl methyl sites for hydroxylation is 2. The van der Waals surface area contributed by atoms with Gasteiger partial charge in [0.15, 0.2) is 0 Å². The molecule has 1 aliphatic heterocycles. The van der Waals surface area contributed by atoms with Crippen LogP contribution in [0.5, 0.6) is 0 Å². The monoisotopic (exact) mass is 458 g/mol. The molecule has 0 aliphatic carbocycles. The molecule has 0 spiro atoms. The van der Waals surface area contributed by atoms with E-state index < -0.39 is 0 Å². The van der Waals surface area contributed by atoms with Crippen molar-refractivity contribution < 1.29 is 9.18 Å². The molecular weight excluding hydrogens is 431 g/mol. The van der Waals surface area contributed by atoms with Crippen LogP contribution in [0.15, 0.2) is 48.7 Å². The summed E-state index contributed by atoms with van der Waals surface area (Å²) in [7, 11) is 1.85. The number of benzene rings is 2. The van der Waals surface area contributed by atoms with Crippen molar-refractivity contribution in [3.8, 4) is 11.3 Å². The summed E-state index contributed by atoms with van der Waals surface area (Å²) in [6.07, 6.45) is 3.48. The van der Waals surface area contributed by atoms with Gasteiger partial charge in [0, 0.05) is 36.3 Å². The van der Waals surface area contributed by atoms with Crippen molar-refractivity contribution in [1.82, 2.24) is 25.3 Å². The molecule has 1 atom stereocenters. The lowest BCUT2D eigenvalue weighted by Crippen LogP contribution is -2.49. The van der Waals surface area contributed by atoms with Gasteiger partial charge in [0.05, 0.1) is 11.7 Å². The summed E-state index contributed by atoms with van der Waals surface area (Å²) in [4.78, 5) is 20.4. The van der Waals surface area contributed by atoms with Gasteiger partial charge >= 0.3 is 0 Å². The lowest BCUT2D eigenvalue weighted by atomic mass is 10.0. The first-order valence-electron chi connectivity index (χ1n) is 11.5. The van der Waals surface area contributed by atoms with Crippen LogP contribution in [-0.4, -0.2) is 45.0 Å². The Balaban J connectivity index is 1.58. The van der Waals surface area contributed by atoms with Gasteiger partial charge in [-0.2, -0.15) is 0 Å². The van der Waals surface area contributed by atoms with Gasteiger partial charge in [-0.3, -0.25) is 14.4 Å².